The fourth-order valence-electron chi connectivity index (χ4n) is 0.775. The number of hydrogen-bond acceptors (Lipinski definition) is 2. The third kappa shape index (κ3) is 1.36. The average molecular weight is 169 g/mol. The molecule has 1 rings (SSSR count). The van der Waals surface area contributed by atoms with Crippen molar-refractivity contribution in [1.82, 2.24) is 9.78 Å². The summed E-state index contributed by atoms with van der Waals surface area (Å²) in [6, 6.07) is 2.11. The van der Waals surface area contributed by atoms with E-state index >= 15 is 0 Å². The summed E-state index contributed by atoms with van der Waals surface area (Å²) in [5.41, 5.74) is 0.377. The molecule has 57 valence electrons. The molecule has 0 aliphatic carbocycles. The van der Waals surface area contributed by atoms with Crippen molar-refractivity contribution in [2.24, 2.45) is 0 Å². The zero-order valence-electron chi connectivity index (χ0n) is 6.30. The molecule has 11 heavy (non-hydrogen) atoms. The van der Waals surface area contributed by atoms with Gasteiger partial charge in [0.25, 0.3) is 0 Å². The van der Waals surface area contributed by atoms with Crippen molar-refractivity contribution in [3.8, 4) is 6.07 Å². The van der Waals surface area contributed by atoms with Crippen molar-refractivity contribution in [2.75, 3.05) is 0 Å². The smallest absolute Gasteiger partial charge is 0.158 e. The first-order valence-corrected chi connectivity index (χ1v) is 3.60. The van der Waals surface area contributed by atoms with E-state index in [1.807, 2.05) is 19.9 Å². The van der Waals surface area contributed by atoms with Crippen LogP contribution in [0.4, 0.5) is 0 Å². The molecule has 0 N–H and O–H groups in total. The normalized spacial score (nSPS) is 10.1. The van der Waals surface area contributed by atoms with Gasteiger partial charge < -0.3 is 0 Å². The second-order valence-corrected chi connectivity index (χ2v) is 2.80. The highest BCUT2D eigenvalue weighted by Crippen LogP contribution is 2.16. The van der Waals surface area contributed by atoms with Gasteiger partial charge in [0.05, 0.1) is 0 Å². The van der Waals surface area contributed by atoms with Gasteiger partial charge in [-0.2, -0.15) is 10.4 Å². The zero-order chi connectivity index (χ0) is 8.43. The van der Waals surface area contributed by atoms with Gasteiger partial charge >= 0.3 is 0 Å². The Morgan fingerprint density at radius 1 is 1.73 bits per heavy atom. The highest BCUT2D eigenvalue weighted by molar-refractivity contribution is 6.31. The Bertz CT molecular complexity index is 295. The van der Waals surface area contributed by atoms with Crippen molar-refractivity contribution in [2.45, 2.75) is 19.9 Å². The lowest BCUT2D eigenvalue weighted by atomic mass is 10.4. The molecular formula is C7H7ClN3. The quantitative estimate of drug-likeness (QED) is 0.642. The number of rotatable bonds is 1. The van der Waals surface area contributed by atoms with Gasteiger partial charge in [0.2, 0.25) is 0 Å². The van der Waals surface area contributed by atoms with Crippen LogP contribution in [0.3, 0.4) is 0 Å². The molecule has 4 heteroatoms. The lowest BCUT2D eigenvalue weighted by Crippen LogP contribution is -2.04. The summed E-state index contributed by atoms with van der Waals surface area (Å²) in [7, 11) is 0. The van der Waals surface area contributed by atoms with E-state index < -0.39 is 0 Å². The van der Waals surface area contributed by atoms with E-state index in [1.54, 1.807) is 4.68 Å². The second-order valence-electron chi connectivity index (χ2n) is 2.42. The van der Waals surface area contributed by atoms with Crippen LogP contribution in [0.2, 0.25) is 5.02 Å². The first kappa shape index (κ1) is 8.09. The van der Waals surface area contributed by atoms with Crippen molar-refractivity contribution in [1.29, 1.82) is 5.26 Å². The minimum atomic E-state index is 0.147. The van der Waals surface area contributed by atoms with Gasteiger partial charge in [0, 0.05) is 6.04 Å². The average Bonchev–Trinajstić information content (AvgIpc) is 2.30. The molecule has 0 aliphatic rings. The summed E-state index contributed by atoms with van der Waals surface area (Å²) in [6.07, 6.45) is 2.53. The van der Waals surface area contributed by atoms with Gasteiger partial charge in [-0.05, 0) is 13.8 Å². The fourth-order valence-corrected chi connectivity index (χ4v) is 0.942. The molecule has 0 fully saturated rings. The number of nitrogens with zero attached hydrogens (tertiary/aromatic N) is 3. The third-order valence-electron chi connectivity index (χ3n) is 1.29. The van der Waals surface area contributed by atoms with E-state index in [1.165, 1.54) is 0 Å². The van der Waals surface area contributed by atoms with Crippen molar-refractivity contribution < 1.29 is 0 Å². The van der Waals surface area contributed by atoms with E-state index in [9.17, 15) is 0 Å². The predicted octanol–water partition coefficient (Wildman–Crippen LogP) is 1.79. The molecular weight excluding hydrogens is 162 g/mol. The molecule has 0 unspecified atom stereocenters. The largest absolute Gasteiger partial charge is 0.250 e. The van der Waals surface area contributed by atoms with Crippen molar-refractivity contribution in [3.05, 3.63) is 16.9 Å². The third-order valence-corrected chi connectivity index (χ3v) is 1.55. The predicted molar refractivity (Wildman–Crippen MR) is 41.2 cm³/mol. The minimum absolute atomic E-state index is 0.147. The van der Waals surface area contributed by atoms with Gasteiger partial charge in [-0.1, -0.05) is 11.6 Å². The Hall–Kier alpha value is -1.01. The molecule has 1 aromatic heterocycles. The topological polar surface area (TPSA) is 41.6 Å². The molecule has 0 atom stereocenters. The van der Waals surface area contributed by atoms with Crippen molar-refractivity contribution in [3.63, 3.8) is 0 Å². The molecule has 1 aromatic rings. The SMILES string of the molecule is CC(C)n1n[c]c(Cl)c1C#N. The summed E-state index contributed by atoms with van der Waals surface area (Å²) in [5, 5.41) is 12.7. The molecule has 0 saturated heterocycles. The van der Waals surface area contributed by atoms with Gasteiger partial charge in [-0.25, -0.2) is 0 Å². The van der Waals surface area contributed by atoms with E-state index in [0.29, 0.717) is 10.7 Å². The lowest BCUT2D eigenvalue weighted by Gasteiger charge is -2.04. The Balaban J connectivity index is 3.19. The van der Waals surface area contributed by atoms with E-state index in [4.69, 9.17) is 16.9 Å². The van der Waals surface area contributed by atoms with Gasteiger partial charge in [0.15, 0.2) is 5.69 Å². The Kier molecular flexibility index (Phi) is 2.16. The summed E-state index contributed by atoms with van der Waals surface area (Å²) in [5.74, 6) is 0. The molecule has 0 aliphatic heterocycles. The number of hydrogen-bond donors (Lipinski definition) is 0. The van der Waals surface area contributed by atoms with Gasteiger partial charge in [-0.15, -0.1) is 0 Å². The first-order chi connectivity index (χ1) is 5.16. The maximum Gasteiger partial charge on any atom is 0.158 e. The molecule has 1 heterocycles. The number of aromatic nitrogens is 2. The fraction of sp³-hybridized carbons (Fsp3) is 0.429. The summed E-state index contributed by atoms with van der Waals surface area (Å²) >= 11 is 5.63. The van der Waals surface area contributed by atoms with Crippen LogP contribution in [0, 0.1) is 17.5 Å². The Morgan fingerprint density at radius 2 is 2.36 bits per heavy atom. The van der Waals surface area contributed by atoms with E-state index in [-0.39, 0.29) is 6.04 Å². The Morgan fingerprint density at radius 3 is 2.73 bits per heavy atom. The van der Waals surface area contributed by atoms with E-state index in [2.05, 4.69) is 11.3 Å². The van der Waals surface area contributed by atoms with Crippen LogP contribution in [-0.2, 0) is 0 Å². The van der Waals surface area contributed by atoms with Crippen LogP contribution in [0.15, 0.2) is 0 Å². The van der Waals surface area contributed by atoms with Crippen LogP contribution in [0.5, 0.6) is 0 Å². The highest BCUT2D eigenvalue weighted by atomic mass is 35.5. The molecule has 0 bridgehead atoms. The molecule has 0 spiro atoms. The molecule has 0 saturated carbocycles. The summed E-state index contributed by atoms with van der Waals surface area (Å²) in [4.78, 5) is 0. The van der Waals surface area contributed by atoms with Crippen molar-refractivity contribution >= 4 is 11.6 Å². The zero-order valence-corrected chi connectivity index (χ0v) is 7.05. The summed E-state index contributed by atoms with van der Waals surface area (Å²) < 4.78 is 1.54. The highest BCUT2D eigenvalue weighted by Gasteiger charge is 2.10. The van der Waals surface area contributed by atoms with Gasteiger partial charge in [0.1, 0.15) is 17.3 Å². The van der Waals surface area contributed by atoms with Crippen LogP contribution >= 0.6 is 11.6 Å². The molecule has 0 aromatic carbocycles. The van der Waals surface area contributed by atoms with Crippen LogP contribution in [0.25, 0.3) is 0 Å². The minimum Gasteiger partial charge on any atom is -0.250 e. The molecule has 0 amide bonds. The number of halogens is 1. The maximum absolute atomic E-state index is 8.62. The van der Waals surface area contributed by atoms with Gasteiger partial charge in [-0.3, -0.25) is 4.68 Å². The van der Waals surface area contributed by atoms with E-state index in [0.717, 1.165) is 0 Å². The summed E-state index contributed by atoms with van der Waals surface area (Å²) in [6.45, 7) is 3.86. The first-order valence-electron chi connectivity index (χ1n) is 3.22. The van der Waals surface area contributed by atoms with Crippen LogP contribution in [0.1, 0.15) is 25.6 Å². The second kappa shape index (κ2) is 2.93. The van der Waals surface area contributed by atoms with Crippen LogP contribution < -0.4 is 0 Å². The number of nitriles is 1. The van der Waals surface area contributed by atoms with Crippen LogP contribution in [-0.4, -0.2) is 9.78 Å². The Labute approximate surface area is 70.2 Å². The lowest BCUT2D eigenvalue weighted by molar-refractivity contribution is 0.526. The standard InChI is InChI=1S/C7H7ClN3/c1-5(2)11-7(3-9)6(8)4-10-11/h5H,1-2H3. The monoisotopic (exact) mass is 168 g/mol. The molecule has 1 radical (unpaired) electrons. The molecule has 3 nitrogen and oxygen atoms in total. The maximum atomic E-state index is 8.62.